The van der Waals surface area contributed by atoms with Gasteiger partial charge in [-0.3, -0.25) is 9.36 Å². The van der Waals surface area contributed by atoms with Gasteiger partial charge in [0.25, 0.3) is 5.56 Å². The molecule has 0 radical (unpaired) electrons. The van der Waals surface area contributed by atoms with Crippen molar-refractivity contribution in [2.45, 2.75) is 33.7 Å². The normalized spacial score (nSPS) is 15.4. The molecule has 0 bridgehead atoms. The van der Waals surface area contributed by atoms with Crippen LogP contribution in [0.15, 0.2) is 61.9 Å². The van der Waals surface area contributed by atoms with E-state index in [4.69, 9.17) is 14.2 Å². The number of nitrogens with zero attached hydrogens (tertiary/aromatic N) is 2. The lowest BCUT2D eigenvalue weighted by Gasteiger charge is -2.24. The first-order valence-electron chi connectivity index (χ1n) is 11.6. The van der Waals surface area contributed by atoms with E-state index in [-0.39, 0.29) is 12.2 Å². The van der Waals surface area contributed by atoms with Crippen molar-refractivity contribution >= 4 is 39.3 Å². The summed E-state index contributed by atoms with van der Waals surface area (Å²) in [5.41, 5.74) is 3.32. The van der Waals surface area contributed by atoms with Gasteiger partial charge in [0.15, 0.2) is 16.3 Å². The summed E-state index contributed by atoms with van der Waals surface area (Å²) < 4.78 is 19.3. The number of rotatable bonds is 7. The molecule has 188 valence electrons. The number of carbonyl (C=O) groups excluding carboxylic acids is 1. The Morgan fingerprint density at radius 1 is 1.14 bits per heavy atom. The van der Waals surface area contributed by atoms with Gasteiger partial charge < -0.3 is 14.2 Å². The van der Waals surface area contributed by atoms with Crippen molar-refractivity contribution in [2.75, 3.05) is 20.3 Å². The van der Waals surface area contributed by atoms with E-state index in [9.17, 15) is 9.59 Å². The molecule has 3 aromatic rings. The van der Waals surface area contributed by atoms with Gasteiger partial charge in [-0.2, -0.15) is 0 Å². The van der Waals surface area contributed by atoms with Crippen LogP contribution in [0, 0.1) is 6.92 Å². The standard InChI is InChI=1S/C27H27BrN2O5S/c1-6-34-21-14-19(28)18(12-20(21)33-5)13-22-25(31)30-24(17-10-8-15(3)9-11-17)23(26(32)35-7-2)16(4)29-27(30)36-22/h8-14,24H,6-7H2,1-5H3/b22-13+/t24-/m0/s1. The fraction of sp³-hybridized carbons (Fsp3) is 0.296. The number of benzene rings is 2. The van der Waals surface area contributed by atoms with Crippen molar-refractivity contribution in [1.82, 2.24) is 4.57 Å². The number of halogens is 1. The van der Waals surface area contributed by atoms with Crippen molar-refractivity contribution < 1.29 is 19.0 Å². The summed E-state index contributed by atoms with van der Waals surface area (Å²) in [5, 5.41) is 0. The highest BCUT2D eigenvalue weighted by Gasteiger charge is 2.33. The molecule has 2 heterocycles. The highest BCUT2D eigenvalue weighted by molar-refractivity contribution is 9.10. The molecule has 36 heavy (non-hydrogen) atoms. The molecule has 0 saturated heterocycles. The van der Waals surface area contributed by atoms with E-state index >= 15 is 0 Å². The number of allylic oxidation sites excluding steroid dienone is 1. The minimum Gasteiger partial charge on any atom is -0.493 e. The summed E-state index contributed by atoms with van der Waals surface area (Å²) in [6.45, 7) is 8.16. The van der Waals surface area contributed by atoms with Crippen LogP contribution in [0.5, 0.6) is 11.5 Å². The van der Waals surface area contributed by atoms with Crippen LogP contribution in [-0.4, -0.2) is 30.9 Å². The predicted molar refractivity (Wildman–Crippen MR) is 143 cm³/mol. The van der Waals surface area contributed by atoms with Gasteiger partial charge in [0, 0.05) is 4.47 Å². The molecule has 0 unspecified atom stereocenters. The maximum Gasteiger partial charge on any atom is 0.338 e. The SMILES string of the molecule is CCOC(=O)C1=C(C)N=c2s/c(=C/c3cc(OC)c(OCC)cc3Br)c(=O)n2[C@H]1c1ccc(C)cc1. The summed E-state index contributed by atoms with van der Waals surface area (Å²) in [6, 6.07) is 10.8. The molecule has 0 saturated carbocycles. The Morgan fingerprint density at radius 3 is 2.50 bits per heavy atom. The summed E-state index contributed by atoms with van der Waals surface area (Å²) in [4.78, 5) is 31.9. The van der Waals surface area contributed by atoms with Gasteiger partial charge in [-0.05, 0) is 57.0 Å². The van der Waals surface area contributed by atoms with E-state index in [2.05, 4.69) is 20.9 Å². The van der Waals surface area contributed by atoms with Crippen LogP contribution in [0.1, 0.15) is 43.5 Å². The number of thiazole rings is 1. The van der Waals surface area contributed by atoms with Crippen molar-refractivity contribution in [3.63, 3.8) is 0 Å². The first-order valence-corrected chi connectivity index (χ1v) is 13.2. The molecule has 0 amide bonds. The van der Waals surface area contributed by atoms with E-state index in [1.165, 1.54) is 11.3 Å². The number of hydrogen-bond acceptors (Lipinski definition) is 7. The van der Waals surface area contributed by atoms with E-state index < -0.39 is 12.0 Å². The molecule has 1 aliphatic rings. The lowest BCUT2D eigenvalue weighted by atomic mass is 9.95. The van der Waals surface area contributed by atoms with Gasteiger partial charge >= 0.3 is 5.97 Å². The van der Waals surface area contributed by atoms with E-state index in [0.29, 0.717) is 38.7 Å². The number of ether oxygens (including phenoxy) is 3. The van der Waals surface area contributed by atoms with Crippen LogP contribution in [0.25, 0.3) is 6.08 Å². The Hall–Kier alpha value is -3.17. The number of aryl methyl sites for hydroxylation is 1. The van der Waals surface area contributed by atoms with Crippen molar-refractivity contribution in [1.29, 1.82) is 0 Å². The average molecular weight is 571 g/mol. The van der Waals surface area contributed by atoms with Crippen molar-refractivity contribution in [3.05, 3.63) is 88.5 Å². The molecule has 2 aromatic carbocycles. The first kappa shape index (κ1) is 25.9. The average Bonchev–Trinajstić information content (AvgIpc) is 3.15. The second kappa shape index (κ2) is 10.8. The van der Waals surface area contributed by atoms with Gasteiger partial charge in [0.05, 0.1) is 42.2 Å². The number of carbonyl (C=O) groups is 1. The van der Waals surface area contributed by atoms with E-state index in [0.717, 1.165) is 21.2 Å². The highest BCUT2D eigenvalue weighted by atomic mass is 79.9. The Morgan fingerprint density at radius 2 is 1.86 bits per heavy atom. The monoisotopic (exact) mass is 570 g/mol. The number of fused-ring (bicyclic) bond motifs is 1. The zero-order valence-corrected chi connectivity index (χ0v) is 23.2. The summed E-state index contributed by atoms with van der Waals surface area (Å²) in [5.74, 6) is 0.703. The molecule has 7 nitrogen and oxygen atoms in total. The smallest absolute Gasteiger partial charge is 0.338 e. The summed E-state index contributed by atoms with van der Waals surface area (Å²) >= 11 is 4.86. The third-order valence-electron chi connectivity index (χ3n) is 5.78. The number of esters is 1. The Labute approximate surface area is 221 Å². The van der Waals surface area contributed by atoms with Gasteiger partial charge in [0.2, 0.25) is 0 Å². The predicted octanol–water partition coefficient (Wildman–Crippen LogP) is 4.28. The molecule has 1 aliphatic heterocycles. The maximum atomic E-state index is 13.8. The summed E-state index contributed by atoms with van der Waals surface area (Å²) in [7, 11) is 1.57. The summed E-state index contributed by atoms with van der Waals surface area (Å²) in [6.07, 6.45) is 1.79. The molecule has 0 spiro atoms. The van der Waals surface area contributed by atoms with Gasteiger partial charge in [-0.1, -0.05) is 57.1 Å². The third-order valence-corrected chi connectivity index (χ3v) is 7.45. The Bertz CT molecular complexity index is 1520. The van der Waals surface area contributed by atoms with Crippen LogP contribution in [-0.2, 0) is 9.53 Å². The second-order valence-corrected chi connectivity index (χ2v) is 10.0. The van der Waals surface area contributed by atoms with Crippen molar-refractivity contribution in [3.8, 4) is 11.5 Å². The topological polar surface area (TPSA) is 79.1 Å². The molecule has 1 aromatic heterocycles. The lowest BCUT2D eigenvalue weighted by molar-refractivity contribution is -0.139. The quantitative estimate of drug-likeness (QED) is 0.396. The number of methoxy groups -OCH3 is 1. The second-order valence-electron chi connectivity index (χ2n) is 8.17. The molecular weight excluding hydrogens is 544 g/mol. The fourth-order valence-corrected chi connectivity index (χ4v) is 5.56. The molecular formula is C27H27BrN2O5S. The van der Waals surface area contributed by atoms with Crippen LogP contribution < -0.4 is 24.4 Å². The van der Waals surface area contributed by atoms with Crippen molar-refractivity contribution in [2.24, 2.45) is 4.99 Å². The van der Waals surface area contributed by atoms with Crippen LogP contribution in [0.4, 0.5) is 0 Å². The minimum atomic E-state index is -0.638. The van der Waals surface area contributed by atoms with Gasteiger partial charge in [-0.15, -0.1) is 0 Å². The van der Waals surface area contributed by atoms with Crippen LogP contribution >= 0.6 is 27.3 Å². The molecule has 0 aliphatic carbocycles. The van der Waals surface area contributed by atoms with Gasteiger partial charge in [-0.25, -0.2) is 9.79 Å². The Kier molecular flexibility index (Phi) is 7.80. The maximum absolute atomic E-state index is 13.8. The van der Waals surface area contributed by atoms with Crippen LogP contribution in [0.2, 0.25) is 0 Å². The number of hydrogen-bond donors (Lipinski definition) is 0. The van der Waals surface area contributed by atoms with Gasteiger partial charge in [0.1, 0.15) is 0 Å². The van der Waals surface area contributed by atoms with Crippen LogP contribution in [0.3, 0.4) is 0 Å². The first-order chi connectivity index (χ1) is 17.3. The Balaban J connectivity index is 1.93. The van der Waals surface area contributed by atoms with E-state index in [1.54, 1.807) is 31.6 Å². The zero-order chi connectivity index (χ0) is 26.0. The molecule has 1 atom stereocenters. The highest BCUT2D eigenvalue weighted by Crippen LogP contribution is 2.34. The minimum absolute atomic E-state index is 0.230. The fourth-order valence-electron chi connectivity index (χ4n) is 4.09. The largest absolute Gasteiger partial charge is 0.493 e. The molecule has 0 N–H and O–H groups in total. The molecule has 4 rings (SSSR count). The lowest BCUT2D eigenvalue weighted by Crippen LogP contribution is -2.39. The molecule has 9 heteroatoms. The number of aromatic nitrogens is 1. The third kappa shape index (κ3) is 4.90. The molecule has 0 fully saturated rings. The zero-order valence-electron chi connectivity index (χ0n) is 20.8. The van der Waals surface area contributed by atoms with E-state index in [1.807, 2.05) is 50.2 Å².